The summed E-state index contributed by atoms with van der Waals surface area (Å²) in [6.07, 6.45) is 2.85. The molecule has 10 heteroatoms. The van der Waals surface area contributed by atoms with Gasteiger partial charge in [-0.15, -0.1) is 15.3 Å². The van der Waals surface area contributed by atoms with Crippen LogP contribution in [0.2, 0.25) is 0 Å². The summed E-state index contributed by atoms with van der Waals surface area (Å²) >= 11 is 0. The topological polar surface area (TPSA) is 102 Å². The molecule has 0 amide bonds. The van der Waals surface area contributed by atoms with Crippen molar-refractivity contribution in [2.24, 2.45) is 0 Å². The van der Waals surface area contributed by atoms with E-state index in [1.165, 1.54) is 0 Å². The first-order chi connectivity index (χ1) is 18.0. The minimum Gasteiger partial charge on any atom is -0.497 e. The Morgan fingerprint density at radius 2 is 1.62 bits per heavy atom. The molecule has 0 atom stereocenters. The molecular formula is C27H26N6O3S. The summed E-state index contributed by atoms with van der Waals surface area (Å²) in [6, 6.07) is 22.3. The molecular weight excluding hydrogens is 488 g/mol. The van der Waals surface area contributed by atoms with E-state index in [0.29, 0.717) is 36.1 Å². The maximum atomic E-state index is 13.2. The van der Waals surface area contributed by atoms with E-state index >= 15 is 0 Å². The van der Waals surface area contributed by atoms with Gasteiger partial charge in [0, 0.05) is 35.1 Å². The van der Waals surface area contributed by atoms with Gasteiger partial charge in [-0.05, 0) is 55.3 Å². The van der Waals surface area contributed by atoms with Gasteiger partial charge in [-0.2, -0.15) is 8.82 Å². The minimum absolute atomic E-state index is 0.271. The lowest BCUT2D eigenvalue weighted by Gasteiger charge is -2.26. The van der Waals surface area contributed by atoms with Gasteiger partial charge in [-0.3, -0.25) is 0 Å². The number of rotatable bonds is 6. The van der Waals surface area contributed by atoms with Gasteiger partial charge >= 0.3 is 0 Å². The fraction of sp³-hybridized carbons (Fsp3) is 0.222. The van der Waals surface area contributed by atoms with Crippen LogP contribution in [0.1, 0.15) is 19.3 Å². The molecule has 2 aromatic heterocycles. The van der Waals surface area contributed by atoms with Crippen LogP contribution in [0.4, 0.5) is 11.5 Å². The predicted molar refractivity (Wildman–Crippen MR) is 143 cm³/mol. The molecule has 0 unspecified atom stereocenters. The van der Waals surface area contributed by atoms with E-state index in [0.717, 1.165) is 41.3 Å². The number of sulfonamides is 1. The smallest absolute Gasteiger partial charge is 0.243 e. The quantitative estimate of drug-likeness (QED) is 0.345. The number of methoxy groups -OCH3 is 1. The molecule has 1 saturated heterocycles. The number of fused-ring (bicyclic) bond motifs is 3. The van der Waals surface area contributed by atoms with Crippen LogP contribution in [0.5, 0.6) is 5.75 Å². The zero-order valence-corrected chi connectivity index (χ0v) is 21.1. The molecule has 5 aromatic rings. The summed E-state index contributed by atoms with van der Waals surface area (Å²) in [5.74, 6) is 1.91. The Balaban J connectivity index is 1.42. The lowest BCUT2D eigenvalue weighted by Crippen LogP contribution is -2.35. The average molecular weight is 515 g/mol. The summed E-state index contributed by atoms with van der Waals surface area (Å²) in [4.78, 5) is 0.271. The molecule has 6 rings (SSSR count). The highest BCUT2D eigenvalue weighted by molar-refractivity contribution is 7.89. The third-order valence-electron chi connectivity index (χ3n) is 6.66. The van der Waals surface area contributed by atoms with Crippen molar-refractivity contribution in [3.63, 3.8) is 0 Å². The van der Waals surface area contributed by atoms with Crippen molar-refractivity contribution in [1.82, 2.24) is 24.1 Å². The highest BCUT2D eigenvalue weighted by Gasteiger charge is 2.26. The van der Waals surface area contributed by atoms with Crippen LogP contribution in [0, 0.1) is 0 Å². The Morgan fingerprint density at radius 1 is 0.865 bits per heavy atom. The van der Waals surface area contributed by atoms with Crippen molar-refractivity contribution < 1.29 is 13.2 Å². The van der Waals surface area contributed by atoms with E-state index in [9.17, 15) is 8.42 Å². The van der Waals surface area contributed by atoms with Crippen LogP contribution in [-0.4, -0.2) is 52.7 Å². The minimum atomic E-state index is -3.56. The Kier molecular flexibility index (Phi) is 5.97. The highest BCUT2D eigenvalue weighted by Crippen LogP contribution is 2.31. The zero-order valence-electron chi connectivity index (χ0n) is 20.3. The Labute approximate surface area is 214 Å². The van der Waals surface area contributed by atoms with Gasteiger partial charge < -0.3 is 10.1 Å². The van der Waals surface area contributed by atoms with Crippen molar-refractivity contribution in [3.05, 3.63) is 72.8 Å². The molecule has 0 radical (unpaired) electrons. The molecule has 1 fully saturated rings. The molecule has 37 heavy (non-hydrogen) atoms. The summed E-state index contributed by atoms with van der Waals surface area (Å²) < 4.78 is 35.1. The van der Waals surface area contributed by atoms with E-state index in [4.69, 9.17) is 9.84 Å². The fourth-order valence-electron chi connectivity index (χ4n) is 4.72. The molecule has 3 heterocycles. The van der Waals surface area contributed by atoms with Crippen molar-refractivity contribution in [2.75, 3.05) is 25.5 Å². The summed E-state index contributed by atoms with van der Waals surface area (Å²) in [5, 5.41) is 18.8. The number of aromatic nitrogens is 4. The van der Waals surface area contributed by atoms with Gasteiger partial charge in [0.25, 0.3) is 0 Å². The number of benzene rings is 3. The van der Waals surface area contributed by atoms with Crippen LogP contribution in [0.25, 0.3) is 27.8 Å². The van der Waals surface area contributed by atoms with Crippen LogP contribution < -0.4 is 10.1 Å². The number of ether oxygens (including phenoxy) is 1. The van der Waals surface area contributed by atoms with Gasteiger partial charge in [0.1, 0.15) is 5.75 Å². The largest absolute Gasteiger partial charge is 0.497 e. The van der Waals surface area contributed by atoms with Gasteiger partial charge in [0.2, 0.25) is 10.0 Å². The maximum Gasteiger partial charge on any atom is 0.243 e. The van der Waals surface area contributed by atoms with Crippen LogP contribution in [0.15, 0.2) is 77.7 Å². The molecule has 188 valence electrons. The third-order valence-corrected chi connectivity index (χ3v) is 8.56. The van der Waals surface area contributed by atoms with Crippen LogP contribution >= 0.6 is 0 Å². The number of nitrogens with zero attached hydrogens (tertiary/aromatic N) is 5. The summed E-state index contributed by atoms with van der Waals surface area (Å²) in [6.45, 7) is 1.12. The molecule has 0 bridgehead atoms. The number of nitrogens with one attached hydrogen (secondary N) is 1. The van der Waals surface area contributed by atoms with Crippen LogP contribution in [0.3, 0.4) is 0 Å². The molecule has 0 saturated carbocycles. The summed E-state index contributed by atoms with van der Waals surface area (Å²) in [7, 11) is -1.93. The zero-order chi connectivity index (χ0) is 25.4. The SMILES string of the molecule is COc1ccc(-c2nnc3c4ccccc4c(Nc4cccc(S(=O)(=O)N5CCCCC5)c4)nn23)cc1. The lowest BCUT2D eigenvalue weighted by molar-refractivity contribution is 0.346. The number of hydrogen-bond acceptors (Lipinski definition) is 7. The number of piperidine rings is 1. The molecule has 1 aliphatic rings. The van der Waals surface area contributed by atoms with Crippen molar-refractivity contribution in [2.45, 2.75) is 24.2 Å². The highest BCUT2D eigenvalue weighted by atomic mass is 32.2. The van der Waals surface area contributed by atoms with Gasteiger partial charge in [-0.1, -0.05) is 36.8 Å². The van der Waals surface area contributed by atoms with E-state index in [-0.39, 0.29) is 4.90 Å². The van der Waals surface area contributed by atoms with E-state index < -0.39 is 10.0 Å². The molecule has 9 nitrogen and oxygen atoms in total. The number of anilines is 2. The second kappa shape index (κ2) is 9.45. The molecule has 0 spiro atoms. The Hall–Kier alpha value is -4.02. The lowest BCUT2D eigenvalue weighted by atomic mass is 10.1. The van der Waals surface area contributed by atoms with Crippen LogP contribution in [-0.2, 0) is 10.0 Å². The first kappa shape index (κ1) is 23.4. The van der Waals surface area contributed by atoms with Crippen molar-refractivity contribution >= 4 is 37.9 Å². The maximum absolute atomic E-state index is 13.2. The molecule has 3 aromatic carbocycles. The number of hydrogen-bond donors (Lipinski definition) is 1. The molecule has 1 N–H and O–H groups in total. The second-order valence-corrected chi connectivity index (χ2v) is 10.9. The monoisotopic (exact) mass is 514 g/mol. The van der Waals surface area contributed by atoms with Crippen molar-refractivity contribution in [1.29, 1.82) is 0 Å². The average Bonchev–Trinajstić information content (AvgIpc) is 3.38. The molecule has 0 aliphatic carbocycles. The first-order valence-electron chi connectivity index (χ1n) is 12.2. The van der Waals surface area contributed by atoms with Gasteiger partial charge in [0.15, 0.2) is 17.3 Å². The van der Waals surface area contributed by atoms with E-state index in [2.05, 4.69) is 15.5 Å². The van der Waals surface area contributed by atoms with E-state index in [1.807, 2.05) is 54.6 Å². The second-order valence-electron chi connectivity index (χ2n) is 9.00. The van der Waals surface area contributed by atoms with E-state index in [1.54, 1.807) is 34.1 Å². The predicted octanol–water partition coefficient (Wildman–Crippen LogP) is 4.87. The normalized spacial score (nSPS) is 14.7. The summed E-state index contributed by atoms with van der Waals surface area (Å²) in [5.41, 5.74) is 2.11. The Bertz CT molecular complexity index is 1690. The fourth-order valence-corrected chi connectivity index (χ4v) is 6.28. The molecule has 1 aliphatic heterocycles. The third kappa shape index (κ3) is 4.28. The van der Waals surface area contributed by atoms with Crippen molar-refractivity contribution in [3.8, 4) is 17.1 Å². The van der Waals surface area contributed by atoms with Gasteiger partial charge in [-0.25, -0.2) is 8.42 Å². The van der Waals surface area contributed by atoms with Gasteiger partial charge in [0.05, 0.1) is 12.0 Å². The Morgan fingerprint density at radius 3 is 2.38 bits per heavy atom. The first-order valence-corrected chi connectivity index (χ1v) is 13.6. The standard InChI is InChI=1S/C27H26N6O3S/c1-36-21-14-12-19(13-15-21)26-29-30-27-24-11-4-3-10-23(24)25(31-33(26)27)28-20-8-7-9-22(18-20)37(34,35)32-16-5-2-6-17-32/h3-4,7-15,18H,2,5-6,16-17H2,1H3,(H,28,31).